The zero-order valence-corrected chi connectivity index (χ0v) is 19.4. The highest BCUT2D eigenvalue weighted by atomic mass is 16.5. The zero-order valence-electron chi connectivity index (χ0n) is 19.4. The van der Waals surface area contributed by atoms with E-state index in [4.69, 9.17) is 4.74 Å². The number of benzene rings is 3. The molecule has 1 aliphatic rings. The summed E-state index contributed by atoms with van der Waals surface area (Å²) in [6.45, 7) is 3.73. The lowest BCUT2D eigenvalue weighted by molar-refractivity contribution is -0.122. The first kappa shape index (κ1) is 23.4. The van der Waals surface area contributed by atoms with Crippen LogP contribution in [0.1, 0.15) is 36.8 Å². The van der Waals surface area contributed by atoms with Crippen molar-refractivity contribution < 1.29 is 14.3 Å². The molecule has 0 bridgehead atoms. The Kier molecular flexibility index (Phi) is 7.81. The number of piperidine rings is 1. The number of likely N-dealkylation sites (tertiary alicyclic amines) is 1. The monoisotopic (exact) mass is 457 g/mol. The molecule has 0 unspecified atom stereocenters. The van der Waals surface area contributed by atoms with Gasteiger partial charge in [0.15, 0.2) is 0 Å². The van der Waals surface area contributed by atoms with Crippen LogP contribution in [0.15, 0.2) is 84.9 Å². The molecule has 0 radical (unpaired) electrons. The zero-order chi connectivity index (χ0) is 23.8. The van der Waals surface area contributed by atoms with Gasteiger partial charge < -0.3 is 20.3 Å². The number of carbonyl (C=O) groups is 2. The second-order valence-corrected chi connectivity index (χ2v) is 8.41. The van der Waals surface area contributed by atoms with E-state index in [1.807, 2.05) is 91.9 Å². The molecular weight excluding hydrogens is 426 g/mol. The van der Waals surface area contributed by atoms with E-state index < -0.39 is 0 Å². The third-order valence-corrected chi connectivity index (χ3v) is 6.07. The Balaban J connectivity index is 1.32. The molecule has 0 atom stereocenters. The highest BCUT2D eigenvalue weighted by Crippen LogP contribution is 2.26. The molecule has 0 spiro atoms. The Morgan fingerprint density at radius 3 is 1.97 bits per heavy atom. The summed E-state index contributed by atoms with van der Waals surface area (Å²) >= 11 is 0. The van der Waals surface area contributed by atoms with E-state index in [2.05, 4.69) is 10.6 Å². The summed E-state index contributed by atoms with van der Waals surface area (Å²) in [4.78, 5) is 27.8. The van der Waals surface area contributed by atoms with Gasteiger partial charge in [0, 0.05) is 24.8 Å². The molecule has 0 saturated carbocycles. The van der Waals surface area contributed by atoms with Crippen molar-refractivity contribution >= 4 is 17.6 Å². The molecule has 6 nitrogen and oxygen atoms in total. The maximum atomic E-state index is 13.3. The average molecular weight is 458 g/mol. The highest BCUT2D eigenvalue weighted by molar-refractivity contribution is 5.89. The quantitative estimate of drug-likeness (QED) is 0.523. The number of urea groups is 1. The van der Waals surface area contributed by atoms with Gasteiger partial charge in [-0.2, -0.15) is 0 Å². The van der Waals surface area contributed by atoms with Crippen LogP contribution in [0, 0.1) is 0 Å². The summed E-state index contributed by atoms with van der Waals surface area (Å²) in [6, 6.07) is 27.0. The molecule has 1 aliphatic heterocycles. The molecule has 0 aromatic heterocycles. The van der Waals surface area contributed by atoms with E-state index in [9.17, 15) is 9.59 Å². The number of ether oxygens (including phenoxy) is 1. The van der Waals surface area contributed by atoms with Gasteiger partial charge in [0.05, 0.1) is 12.5 Å². The van der Waals surface area contributed by atoms with Crippen LogP contribution in [0.4, 0.5) is 10.5 Å². The largest absolute Gasteiger partial charge is 0.494 e. The van der Waals surface area contributed by atoms with Gasteiger partial charge in [-0.3, -0.25) is 4.79 Å². The molecule has 176 valence electrons. The molecule has 3 aromatic carbocycles. The van der Waals surface area contributed by atoms with Crippen LogP contribution < -0.4 is 15.4 Å². The van der Waals surface area contributed by atoms with E-state index in [-0.39, 0.29) is 23.9 Å². The summed E-state index contributed by atoms with van der Waals surface area (Å²) in [7, 11) is 0. The van der Waals surface area contributed by atoms with Crippen LogP contribution in [-0.4, -0.2) is 42.6 Å². The Morgan fingerprint density at radius 2 is 1.44 bits per heavy atom. The number of nitrogens with one attached hydrogen (secondary N) is 2. The summed E-state index contributed by atoms with van der Waals surface area (Å²) in [5.41, 5.74) is 2.68. The van der Waals surface area contributed by atoms with Gasteiger partial charge in [0.25, 0.3) is 0 Å². The van der Waals surface area contributed by atoms with Crippen molar-refractivity contribution in [2.75, 3.05) is 25.0 Å². The van der Waals surface area contributed by atoms with Crippen molar-refractivity contribution in [1.29, 1.82) is 0 Å². The van der Waals surface area contributed by atoms with Crippen LogP contribution in [0.25, 0.3) is 0 Å². The van der Waals surface area contributed by atoms with Crippen LogP contribution in [0.2, 0.25) is 0 Å². The van der Waals surface area contributed by atoms with Crippen molar-refractivity contribution in [2.24, 2.45) is 0 Å². The first-order valence-corrected chi connectivity index (χ1v) is 11.8. The van der Waals surface area contributed by atoms with Gasteiger partial charge in [-0.1, -0.05) is 60.7 Å². The molecule has 1 fully saturated rings. The fourth-order valence-electron chi connectivity index (χ4n) is 4.30. The third kappa shape index (κ3) is 5.95. The minimum absolute atomic E-state index is 0.00492. The number of hydrogen-bond donors (Lipinski definition) is 2. The number of amides is 3. The fraction of sp³-hybridized carbons (Fsp3) is 0.286. The standard InChI is InChI=1S/C28H31N3O3/c1-2-34-25-15-13-23(14-16-25)30-28(33)31-19-17-24(18-20-31)29-27(32)26(21-9-5-3-6-10-21)22-11-7-4-8-12-22/h3-16,24,26H,2,17-20H2,1H3,(H,29,32)(H,30,33). The first-order valence-electron chi connectivity index (χ1n) is 11.8. The molecule has 1 heterocycles. The highest BCUT2D eigenvalue weighted by Gasteiger charge is 2.28. The molecule has 1 saturated heterocycles. The SMILES string of the molecule is CCOc1ccc(NC(=O)N2CCC(NC(=O)C(c3ccccc3)c3ccccc3)CC2)cc1. The normalized spacial score (nSPS) is 14.0. The molecule has 3 aromatic rings. The Morgan fingerprint density at radius 1 is 0.882 bits per heavy atom. The summed E-state index contributed by atoms with van der Waals surface area (Å²) in [5, 5.41) is 6.17. The minimum atomic E-state index is -0.358. The van der Waals surface area contributed by atoms with Crippen molar-refractivity contribution in [3.63, 3.8) is 0 Å². The molecule has 2 N–H and O–H groups in total. The molecule has 6 heteroatoms. The Bertz CT molecular complexity index is 1020. The van der Waals surface area contributed by atoms with Gasteiger partial charge in [0.2, 0.25) is 5.91 Å². The number of hydrogen-bond acceptors (Lipinski definition) is 3. The maximum absolute atomic E-state index is 13.3. The molecule has 3 amide bonds. The first-order chi connectivity index (χ1) is 16.6. The van der Waals surface area contributed by atoms with E-state index in [1.54, 1.807) is 4.90 Å². The second-order valence-electron chi connectivity index (χ2n) is 8.41. The minimum Gasteiger partial charge on any atom is -0.494 e. The Hall–Kier alpha value is -3.80. The predicted octanol–water partition coefficient (Wildman–Crippen LogP) is 5.03. The third-order valence-electron chi connectivity index (χ3n) is 6.07. The van der Waals surface area contributed by atoms with Crippen LogP contribution >= 0.6 is 0 Å². The number of anilines is 1. The van der Waals surface area contributed by atoms with E-state index in [0.717, 1.165) is 35.4 Å². The van der Waals surface area contributed by atoms with Crippen molar-refractivity contribution in [1.82, 2.24) is 10.2 Å². The number of rotatable bonds is 7. The lowest BCUT2D eigenvalue weighted by Gasteiger charge is -2.33. The lowest BCUT2D eigenvalue weighted by Crippen LogP contribution is -2.48. The van der Waals surface area contributed by atoms with Gasteiger partial charge in [-0.25, -0.2) is 4.79 Å². The number of carbonyl (C=O) groups excluding carboxylic acids is 2. The van der Waals surface area contributed by atoms with Crippen molar-refractivity contribution in [2.45, 2.75) is 31.7 Å². The van der Waals surface area contributed by atoms with Crippen LogP contribution in [0.5, 0.6) is 5.75 Å². The second kappa shape index (κ2) is 11.4. The van der Waals surface area contributed by atoms with Gasteiger partial charge >= 0.3 is 6.03 Å². The van der Waals surface area contributed by atoms with E-state index >= 15 is 0 Å². The van der Waals surface area contributed by atoms with Crippen LogP contribution in [-0.2, 0) is 4.79 Å². The van der Waals surface area contributed by atoms with Crippen molar-refractivity contribution in [3.05, 3.63) is 96.1 Å². The van der Waals surface area contributed by atoms with Gasteiger partial charge in [0.1, 0.15) is 5.75 Å². The summed E-state index contributed by atoms with van der Waals surface area (Å²) in [6.07, 6.45) is 1.44. The molecule has 0 aliphatic carbocycles. The molecular formula is C28H31N3O3. The maximum Gasteiger partial charge on any atom is 0.321 e. The molecule has 34 heavy (non-hydrogen) atoms. The van der Waals surface area contributed by atoms with Crippen LogP contribution in [0.3, 0.4) is 0 Å². The van der Waals surface area contributed by atoms with E-state index in [1.165, 1.54) is 0 Å². The van der Waals surface area contributed by atoms with Gasteiger partial charge in [-0.05, 0) is 55.2 Å². The molecule has 4 rings (SSSR count). The predicted molar refractivity (Wildman–Crippen MR) is 134 cm³/mol. The van der Waals surface area contributed by atoms with E-state index in [0.29, 0.717) is 19.7 Å². The number of nitrogens with zero attached hydrogens (tertiary/aromatic N) is 1. The smallest absolute Gasteiger partial charge is 0.321 e. The topological polar surface area (TPSA) is 70.7 Å². The van der Waals surface area contributed by atoms with Crippen molar-refractivity contribution in [3.8, 4) is 5.75 Å². The fourth-order valence-corrected chi connectivity index (χ4v) is 4.30. The Labute approximate surface area is 200 Å². The summed E-state index contributed by atoms with van der Waals surface area (Å²) in [5.74, 6) is 0.416. The lowest BCUT2D eigenvalue weighted by atomic mass is 9.90. The average Bonchev–Trinajstić information content (AvgIpc) is 2.87. The van der Waals surface area contributed by atoms with Gasteiger partial charge in [-0.15, -0.1) is 0 Å². The summed E-state index contributed by atoms with van der Waals surface area (Å²) < 4.78 is 5.44.